The summed E-state index contributed by atoms with van der Waals surface area (Å²) in [5.74, 6) is -0.761. The summed E-state index contributed by atoms with van der Waals surface area (Å²) in [6, 6.07) is 6.82. The van der Waals surface area contributed by atoms with Gasteiger partial charge in [-0.05, 0) is 30.2 Å². The largest absolute Gasteiger partial charge is 0.417 e. The molecule has 0 fully saturated rings. The molecule has 122 valence electrons. The van der Waals surface area contributed by atoms with Gasteiger partial charge in [0.25, 0.3) is 0 Å². The highest BCUT2D eigenvalue weighted by Crippen LogP contribution is 2.17. The summed E-state index contributed by atoms with van der Waals surface area (Å²) in [6.07, 6.45) is 1.28. The van der Waals surface area contributed by atoms with Crippen LogP contribution in [0.3, 0.4) is 0 Å². The number of anilines is 1. The third kappa shape index (κ3) is 4.87. The Morgan fingerprint density at radius 3 is 2.87 bits per heavy atom. The van der Waals surface area contributed by atoms with Crippen LogP contribution < -0.4 is 15.4 Å². The summed E-state index contributed by atoms with van der Waals surface area (Å²) >= 11 is 0. The molecule has 2 aromatic rings. The highest BCUT2D eigenvalue weighted by atomic mass is 19.3. The molecule has 1 heterocycles. The molecule has 8 heteroatoms. The number of nitrogens with zero attached hydrogens (tertiary/aromatic N) is 1. The summed E-state index contributed by atoms with van der Waals surface area (Å²) in [4.78, 5) is 15.4. The summed E-state index contributed by atoms with van der Waals surface area (Å²) < 4.78 is 42.1. The maximum absolute atomic E-state index is 13.8. The SMILES string of the molecule is Cc1cccc(NC(=O)NCc2ccnc(OC(F)F)c2)c1F. The Labute approximate surface area is 130 Å². The Kier molecular flexibility index (Phi) is 5.40. The molecule has 5 nitrogen and oxygen atoms in total. The van der Waals surface area contributed by atoms with Crippen molar-refractivity contribution in [3.8, 4) is 5.88 Å². The second-order valence-corrected chi connectivity index (χ2v) is 4.62. The summed E-state index contributed by atoms with van der Waals surface area (Å²) in [6.45, 7) is -1.35. The van der Waals surface area contributed by atoms with Gasteiger partial charge in [-0.3, -0.25) is 0 Å². The number of benzene rings is 1. The number of ether oxygens (including phenoxy) is 1. The van der Waals surface area contributed by atoms with E-state index in [-0.39, 0.29) is 18.1 Å². The number of carbonyl (C=O) groups is 1. The van der Waals surface area contributed by atoms with E-state index >= 15 is 0 Å². The van der Waals surface area contributed by atoms with Crippen molar-refractivity contribution in [1.82, 2.24) is 10.3 Å². The molecular formula is C15H14F3N3O2. The Bertz CT molecular complexity index is 695. The second-order valence-electron chi connectivity index (χ2n) is 4.62. The average Bonchev–Trinajstić information content (AvgIpc) is 2.50. The zero-order valence-electron chi connectivity index (χ0n) is 12.1. The number of carbonyl (C=O) groups excluding carboxylic acids is 1. The molecule has 0 radical (unpaired) electrons. The average molecular weight is 325 g/mol. The van der Waals surface area contributed by atoms with E-state index in [1.807, 2.05) is 0 Å². The maximum atomic E-state index is 13.8. The predicted octanol–water partition coefficient (Wildman–Crippen LogP) is 3.45. The number of nitrogens with one attached hydrogen (secondary N) is 2. The molecule has 23 heavy (non-hydrogen) atoms. The summed E-state index contributed by atoms with van der Waals surface area (Å²) in [5, 5.41) is 4.86. The van der Waals surface area contributed by atoms with Crippen molar-refractivity contribution in [2.45, 2.75) is 20.1 Å². The second kappa shape index (κ2) is 7.48. The molecule has 0 saturated carbocycles. The Morgan fingerprint density at radius 2 is 2.13 bits per heavy atom. The number of hydrogen-bond acceptors (Lipinski definition) is 3. The maximum Gasteiger partial charge on any atom is 0.388 e. The van der Waals surface area contributed by atoms with E-state index < -0.39 is 18.5 Å². The standard InChI is InChI=1S/C15H14F3N3O2/c1-9-3-2-4-11(13(9)16)21-15(22)20-8-10-5-6-19-12(7-10)23-14(17)18/h2-7,14H,8H2,1H3,(H2,20,21,22). The number of aromatic nitrogens is 1. The van der Waals surface area contributed by atoms with E-state index in [0.717, 1.165) is 0 Å². The third-order valence-electron chi connectivity index (χ3n) is 2.90. The fourth-order valence-electron chi connectivity index (χ4n) is 1.81. The Balaban J connectivity index is 1.93. The van der Waals surface area contributed by atoms with Gasteiger partial charge in [0, 0.05) is 18.8 Å². The third-order valence-corrected chi connectivity index (χ3v) is 2.90. The van der Waals surface area contributed by atoms with E-state index in [1.165, 1.54) is 24.4 Å². The summed E-state index contributed by atoms with van der Waals surface area (Å²) in [5.41, 5.74) is 0.972. The molecule has 2 N–H and O–H groups in total. The van der Waals surface area contributed by atoms with Crippen LogP contribution in [0.25, 0.3) is 0 Å². The van der Waals surface area contributed by atoms with Gasteiger partial charge in [-0.2, -0.15) is 8.78 Å². The molecule has 0 unspecified atom stereocenters. The van der Waals surface area contributed by atoms with Gasteiger partial charge < -0.3 is 15.4 Å². The fraction of sp³-hybridized carbons (Fsp3) is 0.200. The monoisotopic (exact) mass is 325 g/mol. The Morgan fingerprint density at radius 1 is 1.35 bits per heavy atom. The van der Waals surface area contributed by atoms with Gasteiger partial charge in [-0.25, -0.2) is 14.2 Å². The molecule has 0 aliphatic heterocycles. The first kappa shape index (κ1) is 16.6. The number of rotatable bonds is 5. The molecule has 0 bridgehead atoms. The smallest absolute Gasteiger partial charge is 0.388 e. The highest BCUT2D eigenvalue weighted by Gasteiger charge is 2.09. The van der Waals surface area contributed by atoms with E-state index in [9.17, 15) is 18.0 Å². The lowest BCUT2D eigenvalue weighted by Crippen LogP contribution is -2.28. The lowest BCUT2D eigenvalue weighted by molar-refractivity contribution is -0.0528. The van der Waals surface area contributed by atoms with E-state index in [4.69, 9.17) is 0 Å². The number of alkyl halides is 2. The number of halogens is 3. The molecule has 0 atom stereocenters. The topological polar surface area (TPSA) is 63.2 Å². The lowest BCUT2D eigenvalue weighted by Gasteiger charge is -2.10. The van der Waals surface area contributed by atoms with Crippen molar-refractivity contribution in [1.29, 1.82) is 0 Å². The van der Waals surface area contributed by atoms with Crippen LogP contribution in [0.5, 0.6) is 5.88 Å². The molecule has 2 amide bonds. The molecule has 0 spiro atoms. The summed E-state index contributed by atoms with van der Waals surface area (Å²) in [7, 11) is 0. The van der Waals surface area contributed by atoms with Crippen LogP contribution in [0.4, 0.5) is 23.7 Å². The van der Waals surface area contributed by atoms with Crippen molar-refractivity contribution < 1.29 is 22.7 Å². The van der Waals surface area contributed by atoms with Crippen molar-refractivity contribution >= 4 is 11.7 Å². The van der Waals surface area contributed by atoms with Gasteiger partial charge >= 0.3 is 12.6 Å². The molecule has 1 aromatic carbocycles. The molecule has 0 aliphatic carbocycles. The van der Waals surface area contributed by atoms with Crippen molar-refractivity contribution in [3.63, 3.8) is 0 Å². The van der Waals surface area contributed by atoms with Crippen LogP contribution in [-0.2, 0) is 6.54 Å². The van der Waals surface area contributed by atoms with Crippen LogP contribution in [0.1, 0.15) is 11.1 Å². The van der Waals surface area contributed by atoms with Crippen LogP contribution in [0.15, 0.2) is 36.5 Å². The number of urea groups is 1. The molecular weight excluding hydrogens is 311 g/mol. The van der Waals surface area contributed by atoms with Gasteiger partial charge in [0.15, 0.2) is 0 Å². The van der Waals surface area contributed by atoms with Gasteiger partial charge in [-0.15, -0.1) is 0 Å². The normalized spacial score (nSPS) is 10.5. The number of amides is 2. The fourth-order valence-corrected chi connectivity index (χ4v) is 1.81. The first-order valence-electron chi connectivity index (χ1n) is 6.65. The first-order chi connectivity index (χ1) is 11.0. The van der Waals surface area contributed by atoms with Crippen LogP contribution >= 0.6 is 0 Å². The van der Waals surface area contributed by atoms with Gasteiger partial charge in [0.05, 0.1) is 5.69 Å². The van der Waals surface area contributed by atoms with Crippen molar-refractivity contribution in [3.05, 3.63) is 53.5 Å². The Hall–Kier alpha value is -2.77. The van der Waals surface area contributed by atoms with Gasteiger partial charge in [0.1, 0.15) is 5.82 Å². The number of hydrogen-bond donors (Lipinski definition) is 2. The highest BCUT2D eigenvalue weighted by molar-refractivity contribution is 5.89. The molecule has 1 aromatic heterocycles. The molecule has 0 saturated heterocycles. The predicted molar refractivity (Wildman–Crippen MR) is 77.9 cm³/mol. The van der Waals surface area contributed by atoms with Crippen LogP contribution in [-0.4, -0.2) is 17.6 Å². The molecule has 2 rings (SSSR count). The van der Waals surface area contributed by atoms with Gasteiger partial charge in [-0.1, -0.05) is 12.1 Å². The minimum Gasteiger partial charge on any atom is -0.417 e. The minimum absolute atomic E-state index is 0.0430. The number of pyridine rings is 1. The first-order valence-corrected chi connectivity index (χ1v) is 6.65. The van der Waals surface area contributed by atoms with Crippen LogP contribution in [0, 0.1) is 12.7 Å². The van der Waals surface area contributed by atoms with E-state index in [1.54, 1.807) is 19.1 Å². The number of aryl methyl sites for hydroxylation is 1. The van der Waals surface area contributed by atoms with Crippen molar-refractivity contribution in [2.75, 3.05) is 5.32 Å². The molecule has 0 aliphatic rings. The van der Waals surface area contributed by atoms with Gasteiger partial charge in [0.2, 0.25) is 5.88 Å². The van der Waals surface area contributed by atoms with E-state index in [2.05, 4.69) is 20.4 Å². The van der Waals surface area contributed by atoms with Crippen LogP contribution in [0.2, 0.25) is 0 Å². The quantitative estimate of drug-likeness (QED) is 0.885. The lowest BCUT2D eigenvalue weighted by atomic mass is 10.2. The van der Waals surface area contributed by atoms with E-state index in [0.29, 0.717) is 11.1 Å². The minimum atomic E-state index is -2.97. The zero-order chi connectivity index (χ0) is 16.8. The zero-order valence-corrected chi connectivity index (χ0v) is 12.1. The van der Waals surface area contributed by atoms with Crippen molar-refractivity contribution in [2.24, 2.45) is 0 Å².